The average molecular weight is 461 g/mol. The Morgan fingerprint density at radius 3 is 2.58 bits per heavy atom. The molecular weight excluding hydrogens is 420 g/mol. The smallest absolute Gasteiger partial charge is 0.261 e. The van der Waals surface area contributed by atoms with Crippen LogP contribution in [0.5, 0.6) is 5.75 Å². The molecule has 0 aromatic heterocycles. The highest BCUT2D eigenvalue weighted by Crippen LogP contribution is 2.63. The van der Waals surface area contributed by atoms with Crippen LogP contribution in [0.4, 0.5) is 0 Å². The fraction of sp³-hybridized carbons (Fsp3) is 0.655. The van der Waals surface area contributed by atoms with Crippen molar-refractivity contribution >= 4 is 8.32 Å². The zero-order valence-electron chi connectivity index (χ0n) is 21.6. The summed E-state index contributed by atoms with van der Waals surface area (Å²) in [6, 6.07) is 7.09. The van der Waals surface area contributed by atoms with Gasteiger partial charge >= 0.3 is 0 Å². The molecule has 0 aliphatic heterocycles. The first-order chi connectivity index (χ1) is 15.5. The van der Waals surface area contributed by atoms with E-state index in [1.807, 2.05) is 0 Å². The van der Waals surface area contributed by atoms with Crippen LogP contribution in [0.15, 0.2) is 23.4 Å². The minimum Gasteiger partial charge on any atom is -0.543 e. The van der Waals surface area contributed by atoms with Crippen molar-refractivity contribution in [1.29, 1.82) is 5.26 Å². The molecule has 3 aliphatic carbocycles. The molecule has 4 rings (SSSR count). The van der Waals surface area contributed by atoms with Crippen molar-refractivity contribution in [2.45, 2.75) is 104 Å². The molecular formula is C29H40N2OSi. The predicted octanol–water partition coefficient (Wildman–Crippen LogP) is 8.19. The molecule has 0 heterocycles. The minimum atomic E-state index is -1.88. The molecule has 0 saturated heterocycles. The number of hydrogen-bond acceptors (Lipinski definition) is 2. The first-order valence-corrected chi connectivity index (χ1v) is 15.7. The molecule has 0 bridgehead atoms. The van der Waals surface area contributed by atoms with Gasteiger partial charge in [-0.2, -0.15) is 0 Å². The molecule has 4 heteroatoms. The van der Waals surface area contributed by atoms with E-state index in [-0.39, 0.29) is 10.5 Å². The lowest BCUT2D eigenvalue weighted by Crippen LogP contribution is -2.44. The maximum absolute atomic E-state index is 9.54. The third-order valence-electron chi connectivity index (χ3n) is 9.75. The number of fused-ring (bicyclic) bond motifs is 5. The molecule has 3 nitrogen and oxygen atoms in total. The number of hydrogen-bond donors (Lipinski definition) is 0. The van der Waals surface area contributed by atoms with Crippen LogP contribution in [0.25, 0.3) is 4.85 Å². The van der Waals surface area contributed by atoms with Gasteiger partial charge in [0.05, 0.1) is 12.6 Å². The standard InChI is InChI=1S/C29H40N2OSi/c1-9-19-16-23-20(17-27(19)32-33(7,8)28(2,3)4)10-11-22-21(23)14-15-29(5)24(22)12-13-25(29)26(18-30)31-6/h16-17,21-22,24H,9-15H2,1-5,7-8H3/b26-25-/t21-,22+,24-,29-/m0/s1. The first kappa shape index (κ1) is 24.1. The normalized spacial score (nSPS) is 30.4. The van der Waals surface area contributed by atoms with E-state index in [1.165, 1.54) is 17.5 Å². The molecule has 1 aromatic carbocycles. The molecule has 0 amide bonds. The number of nitrogens with zero attached hydrogens (tertiary/aromatic N) is 2. The summed E-state index contributed by atoms with van der Waals surface area (Å²) in [6.07, 6.45) is 7.66. The number of nitriles is 1. The highest BCUT2D eigenvalue weighted by molar-refractivity contribution is 6.74. The second-order valence-corrected chi connectivity index (χ2v) is 17.1. The summed E-state index contributed by atoms with van der Waals surface area (Å²) in [4.78, 5) is 3.60. The van der Waals surface area contributed by atoms with Crippen LogP contribution in [0.2, 0.25) is 18.1 Å². The summed E-state index contributed by atoms with van der Waals surface area (Å²) in [5.41, 5.74) is 5.98. The molecule has 2 saturated carbocycles. The van der Waals surface area contributed by atoms with Gasteiger partial charge in [-0.05, 0) is 115 Å². The van der Waals surface area contributed by atoms with Crippen molar-refractivity contribution in [1.82, 2.24) is 0 Å². The Hall–Kier alpha value is -2.04. The molecule has 0 spiro atoms. The van der Waals surface area contributed by atoms with Crippen molar-refractivity contribution in [2.24, 2.45) is 17.3 Å². The third-order valence-corrected chi connectivity index (χ3v) is 14.1. The van der Waals surface area contributed by atoms with Crippen molar-refractivity contribution in [3.8, 4) is 11.8 Å². The second kappa shape index (κ2) is 8.32. The van der Waals surface area contributed by atoms with Gasteiger partial charge in [-0.15, -0.1) is 0 Å². The van der Waals surface area contributed by atoms with Crippen LogP contribution in [0.1, 0.15) is 89.3 Å². The van der Waals surface area contributed by atoms with Gasteiger partial charge in [0, 0.05) is 0 Å². The monoisotopic (exact) mass is 460 g/mol. The lowest BCUT2D eigenvalue weighted by atomic mass is 9.55. The van der Waals surface area contributed by atoms with E-state index < -0.39 is 8.32 Å². The maximum Gasteiger partial charge on any atom is 0.261 e. The molecule has 33 heavy (non-hydrogen) atoms. The minimum absolute atomic E-state index is 0.0350. The molecule has 0 N–H and O–H groups in total. The Bertz CT molecular complexity index is 1050. The second-order valence-electron chi connectivity index (χ2n) is 12.3. The van der Waals surface area contributed by atoms with E-state index in [2.05, 4.69) is 70.8 Å². The number of aryl methyl sites for hydroxylation is 2. The van der Waals surface area contributed by atoms with E-state index in [9.17, 15) is 5.26 Å². The average Bonchev–Trinajstić information content (AvgIpc) is 3.10. The van der Waals surface area contributed by atoms with E-state index in [1.54, 1.807) is 5.56 Å². The van der Waals surface area contributed by atoms with Crippen molar-refractivity contribution < 1.29 is 4.43 Å². The van der Waals surface area contributed by atoms with Gasteiger partial charge in [-0.3, -0.25) is 0 Å². The van der Waals surface area contributed by atoms with E-state index in [0.717, 1.165) is 49.8 Å². The quantitative estimate of drug-likeness (QED) is 0.259. The first-order valence-electron chi connectivity index (χ1n) is 12.8. The highest BCUT2D eigenvalue weighted by Gasteiger charge is 2.53. The van der Waals surface area contributed by atoms with Gasteiger partial charge in [0.2, 0.25) is 8.32 Å². The van der Waals surface area contributed by atoms with Gasteiger partial charge < -0.3 is 4.43 Å². The highest BCUT2D eigenvalue weighted by atomic mass is 28.4. The molecule has 0 radical (unpaired) electrons. The molecule has 0 unspecified atom stereocenters. The number of benzene rings is 1. The molecule has 3 aliphatic rings. The lowest BCUT2D eigenvalue weighted by molar-refractivity contribution is 0.0811. The number of rotatable bonds is 3. The van der Waals surface area contributed by atoms with Gasteiger partial charge in [0.25, 0.3) is 5.70 Å². The van der Waals surface area contributed by atoms with Crippen molar-refractivity contribution in [3.63, 3.8) is 0 Å². The molecule has 2 fully saturated rings. The fourth-order valence-electron chi connectivity index (χ4n) is 6.81. The summed E-state index contributed by atoms with van der Waals surface area (Å²) < 4.78 is 6.81. The summed E-state index contributed by atoms with van der Waals surface area (Å²) in [7, 11) is -1.88. The van der Waals surface area contributed by atoms with Crippen LogP contribution in [0.3, 0.4) is 0 Å². The van der Waals surface area contributed by atoms with Crippen LogP contribution in [0, 0.1) is 35.2 Å². The Morgan fingerprint density at radius 1 is 1.24 bits per heavy atom. The van der Waals surface area contributed by atoms with Crippen molar-refractivity contribution in [2.75, 3.05) is 0 Å². The largest absolute Gasteiger partial charge is 0.543 e. The summed E-state index contributed by atoms with van der Waals surface area (Å²) >= 11 is 0. The van der Waals surface area contributed by atoms with Crippen LogP contribution < -0.4 is 4.43 Å². The summed E-state index contributed by atoms with van der Waals surface area (Å²) in [5.74, 6) is 3.00. The van der Waals surface area contributed by atoms with Crippen LogP contribution >= 0.6 is 0 Å². The summed E-state index contributed by atoms with van der Waals surface area (Å²) in [6.45, 7) is 23.7. The van der Waals surface area contributed by atoms with E-state index >= 15 is 0 Å². The van der Waals surface area contributed by atoms with Crippen molar-refractivity contribution in [3.05, 3.63) is 51.5 Å². The SMILES string of the molecule is [C-]#[N+]/C(C#N)=C1/CC[C@H]2[C@@H]3CCc4cc(O[Si](C)(C)C(C)(C)C)c(CC)cc4[C@H]3CC[C@]12C. The Balaban J connectivity index is 1.68. The van der Waals surface area contributed by atoms with E-state index in [0.29, 0.717) is 23.5 Å². The third kappa shape index (κ3) is 3.85. The zero-order valence-corrected chi connectivity index (χ0v) is 22.6. The van der Waals surface area contributed by atoms with Gasteiger partial charge in [-0.1, -0.05) is 40.7 Å². The van der Waals surface area contributed by atoms with Gasteiger partial charge in [0.15, 0.2) is 0 Å². The Kier molecular flexibility index (Phi) is 6.07. The van der Waals surface area contributed by atoms with Crippen LogP contribution in [-0.4, -0.2) is 8.32 Å². The zero-order chi connectivity index (χ0) is 24.2. The predicted molar refractivity (Wildman–Crippen MR) is 138 cm³/mol. The van der Waals surface area contributed by atoms with Gasteiger partial charge in [0.1, 0.15) is 5.75 Å². The lowest BCUT2D eigenvalue weighted by Gasteiger charge is -2.50. The van der Waals surface area contributed by atoms with Gasteiger partial charge in [-0.25, -0.2) is 10.1 Å². The Morgan fingerprint density at radius 2 is 1.97 bits per heavy atom. The Labute approximate surface area is 202 Å². The maximum atomic E-state index is 9.54. The topological polar surface area (TPSA) is 37.4 Å². The number of allylic oxidation sites excluding steroid dienone is 2. The molecule has 176 valence electrons. The summed E-state index contributed by atoms with van der Waals surface area (Å²) in [5, 5.41) is 9.73. The fourth-order valence-corrected chi connectivity index (χ4v) is 7.85. The molecule has 1 aromatic rings. The molecule has 4 atom stereocenters. The van der Waals surface area contributed by atoms with E-state index in [4.69, 9.17) is 11.0 Å². The van der Waals surface area contributed by atoms with Crippen LogP contribution in [-0.2, 0) is 12.8 Å².